The predicted molar refractivity (Wildman–Crippen MR) is 28.0 cm³/mol. The molecule has 0 rings (SSSR count). The molecule has 6 nitrogen and oxygen atoms in total. The van der Waals surface area contributed by atoms with Gasteiger partial charge in [-0.15, -0.1) is 10.5 Å². The van der Waals surface area contributed by atoms with Crippen molar-refractivity contribution < 1.29 is 19.1 Å². The lowest BCUT2D eigenvalue weighted by Crippen LogP contribution is -2.09. The van der Waals surface area contributed by atoms with Gasteiger partial charge in [0.15, 0.2) is 0 Å². The molecule has 0 saturated heterocycles. The van der Waals surface area contributed by atoms with Gasteiger partial charge in [-0.1, -0.05) is 0 Å². The molecule has 0 atom stereocenters. The highest BCUT2D eigenvalue weighted by Gasteiger charge is 2.11. The van der Waals surface area contributed by atoms with Crippen molar-refractivity contribution in [3.05, 3.63) is 0 Å². The van der Waals surface area contributed by atoms with E-state index in [9.17, 15) is 9.59 Å². The van der Waals surface area contributed by atoms with Crippen molar-refractivity contribution in [2.24, 2.45) is 0 Å². The summed E-state index contributed by atoms with van der Waals surface area (Å²) in [5.41, 5.74) is 0. The molecule has 56 valence electrons. The lowest BCUT2D eigenvalue weighted by molar-refractivity contribution is -0.147. The van der Waals surface area contributed by atoms with Crippen LogP contribution in [0.25, 0.3) is 0 Å². The third-order valence-corrected chi connectivity index (χ3v) is 0.608. The number of esters is 2. The van der Waals surface area contributed by atoms with Crippen LogP contribution < -0.4 is 0 Å². The topological polar surface area (TPSA) is 100 Å². The molecular weight excluding hydrogens is 152 g/mol. The fraction of sp³-hybridized carbons (Fsp3) is 0.200. The van der Waals surface area contributed by atoms with Crippen LogP contribution in [-0.4, -0.2) is 11.9 Å². The first-order valence-electron chi connectivity index (χ1n) is 2.38. The first-order chi connectivity index (χ1) is 5.20. The van der Waals surface area contributed by atoms with Gasteiger partial charge in [-0.05, 0) is 0 Å². The second-order valence-electron chi connectivity index (χ2n) is 1.31. The molecule has 0 aromatic heterocycles. The average molecular weight is 154 g/mol. The number of ether oxygens (including phenoxy) is 2. The van der Waals surface area contributed by atoms with E-state index < -0.39 is 18.4 Å². The van der Waals surface area contributed by atoms with Crippen LogP contribution in [0.2, 0.25) is 0 Å². The van der Waals surface area contributed by atoms with E-state index in [4.69, 9.17) is 10.5 Å². The fourth-order valence-electron chi connectivity index (χ4n) is 0.292. The van der Waals surface area contributed by atoms with Crippen molar-refractivity contribution >= 4 is 11.9 Å². The van der Waals surface area contributed by atoms with E-state index in [2.05, 4.69) is 9.47 Å². The molecule has 0 aliphatic rings. The van der Waals surface area contributed by atoms with E-state index >= 15 is 0 Å². The normalized spacial score (nSPS) is 7.09. The van der Waals surface area contributed by atoms with E-state index in [-0.39, 0.29) is 0 Å². The highest BCUT2D eigenvalue weighted by atomic mass is 16.5. The van der Waals surface area contributed by atoms with E-state index in [1.807, 2.05) is 0 Å². The summed E-state index contributed by atoms with van der Waals surface area (Å²) in [6.07, 6.45) is 1.41. The second-order valence-corrected chi connectivity index (χ2v) is 1.31. The standard InChI is InChI=1S/C5H2N2O4/c6-2-10-4(8)1-5(9)11-3-7/h1H2. The number of nitrogens with zero attached hydrogens (tertiary/aromatic N) is 2. The number of carbonyl (C=O) groups excluding carboxylic acids is 2. The molecule has 0 saturated carbocycles. The van der Waals surface area contributed by atoms with Gasteiger partial charge in [0.1, 0.15) is 6.42 Å². The minimum absolute atomic E-state index is 0.735. The van der Waals surface area contributed by atoms with E-state index in [0.29, 0.717) is 0 Å². The van der Waals surface area contributed by atoms with Gasteiger partial charge in [0.25, 0.3) is 12.5 Å². The van der Waals surface area contributed by atoms with Crippen LogP contribution in [0.15, 0.2) is 0 Å². The van der Waals surface area contributed by atoms with Crippen molar-refractivity contribution in [1.29, 1.82) is 10.5 Å². The molecule has 11 heavy (non-hydrogen) atoms. The largest absolute Gasteiger partial charge is 0.350 e. The molecule has 0 amide bonds. The molecule has 0 bridgehead atoms. The molecule has 0 unspecified atom stereocenters. The van der Waals surface area contributed by atoms with Gasteiger partial charge in [-0.3, -0.25) is 9.59 Å². The zero-order chi connectivity index (χ0) is 8.69. The molecule has 0 aromatic carbocycles. The Hall–Kier alpha value is -2.08. The molecule has 6 heteroatoms. The third-order valence-electron chi connectivity index (χ3n) is 0.608. The summed E-state index contributed by atoms with van der Waals surface area (Å²) in [4.78, 5) is 20.5. The number of nitriles is 2. The molecule has 0 aromatic rings. The van der Waals surface area contributed by atoms with Crippen LogP contribution >= 0.6 is 0 Å². The maximum absolute atomic E-state index is 10.3. The Bertz CT molecular complexity index is 220. The molecule has 0 N–H and O–H groups in total. The molecule has 0 aliphatic carbocycles. The number of carbonyl (C=O) groups is 2. The summed E-state index contributed by atoms with van der Waals surface area (Å²) in [6.45, 7) is 0. The monoisotopic (exact) mass is 154 g/mol. The summed E-state index contributed by atoms with van der Waals surface area (Å²) in [7, 11) is 0. The molecule has 0 heterocycles. The minimum Gasteiger partial charge on any atom is -0.350 e. The zero-order valence-corrected chi connectivity index (χ0v) is 5.23. The van der Waals surface area contributed by atoms with Crippen LogP contribution in [-0.2, 0) is 19.1 Å². The zero-order valence-electron chi connectivity index (χ0n) is 5.23. The van der Waals surface area contributed by atoms with Gasteiger partial charge in [-0.2, -0.15) is 0 Å². The maximum atomic E-state index is 10.3. The van der Waals surface area contributed by atoms with Crippen LogP contribution in [0.4, 0.5) is 0 Å². The summed E-state index contributed by atoms with van der Waals surface area (Å²) in [6, 6.07) is 0. The summed E-state index contributed by atoms with van der Waals surface area (Å²) in [5, 5.41) is 15.5. The minimum atomic E-state index is -1.05. The van der Waals surface area contributed by atoms with Gasteiger partial charge in [0.05, 0.1) is 0 Å². The number of hydrogen-bond donors (Lipinski definition) is 0. The lowest BCUT2D eigenvalue weighted by atomic mass is 10.4. The average Bonchev–Trinajstić information content (AvgIpc) is 1.87. The molecule has 0 spiro atoms. The van der Waals surface area contributed by atoms with Crippen LogP contribution in [0.1, 0.15) is 6.42 Å². The van der Waals surface area contributed by atoms with Crippen LogP contribution in [0.3, 0.4) is 0 Å². The Morgan fingerprint density at radius 1 is 1.09 bits per heavy atom. The first-order valence-corrected chi connectivity index (χ1v) is 2.38. The molecule has 0 fully saturated rings. The SMILES string of the molecule is N#COC(=O)CC(=O)OC#N. The van der Waals surface area contributed by atoms with Gasteiger partial charge in [0.2, 0.25) is 0 Å². The van der Waals surface area contributed by atoms with Crippen molar-refractivity contribution in [2.75, 3.05) is 0 Å². The summed E-state index contributed by atoms with van der Waals surface area (Å²) in [5.74, 6) is -2.10. The Morgan fingerprint density at radius 2 is 1.45 bits per heavy atom. The highest BCUT2D eigenvalue weighted by Crippen LogP contribution is 1.88. The fourth-order valence-corrected chi connectivity index (χ4v) is 0.292. The quantitative estimate of drug-likeness (QED) is 0.299. The lowest BCUT2D eigenvalue weighted by Gasteiger charge is -1.90. The summed E-state index contributed by atoms with van der Waals surface area (Å²) >= 11 is 0. The molecule has 0 aliphatic heterocycles. The van der Waals surface area contributed by atoms with Crippen molar-refractivity contribution in [3.63, 3.8) is 0 Å². The highest BCUT2D eigenvalue weighted by molar-refractivity contribution is 5.91. The Morgan fingerprint density at radius 3 is 1.73 bits per heavy atom. The van der Waals surface area contributed by atoms with Gasteiger partial charge < -0.3 is 9.47 Å². The van der Waals surface area contributed by atoms with Crippen molar-refractivity contribution in [3.8, 4) is 12.5 Å². The van der Waals surface area contributed by atoms with Gasteiger partial charge in [0, 0.05) is 0 Å². The van der Waals surface area contributed by atoms with Crippen molar-refractivity contribution in [2.45, 2.75) is 6.42 Å². The van der Waals surface area contributed by atoms with E-state index in [0.717, 1.165) is 12.5 Å². The smallest absolute Gasteiger partial charge is 0.332 e. The Labute approximate surface area is 61.5 Å². The molecule has 0 radical (unpaired) electrons. The van der Waals surface area contributed by atoms with Crippen LogP contribution in [0.5, 0.6) is 0 Å². The number of hydrogen-bond acceptors (Lipinski definition) is 6. The Balaban J connectivity index is 3.71. The maximum Gasteiger partial charge on any atom is 0.332 e. The van der Waals surface area contributed by atoms with Crippen LogP contribution in [0, 0.1) is 23.0 Å². The Kier molecular flexibility index (Phi) is 3.87. The van der Waals surface area contributed by atoms with Gasteiger partial charge >= 0.3 is 11.9 Å². The van der Waals surface area contributed by atoms with E-state index in [1.165, 1.54) is 0 Å². The number of rotatable bonds is 2. The van der Waals surface area contributed by atoms with Crippen molar-refractivity contribution in [1.82, 2.24) is 0 Å². The predicted octanol–water partition coefficient (Wildman–Crippen LogP) is -0.575. The second kappa shape index (κ2) is 4.77. The van der Waals surface area contributed by atoms with E-state index in [1.54, 1.807) is 0 Å². The first kappa shape index (κ1) is 8.92. The third kappa shape index (κ3) is 4.43. The van der Waals surface area contributed by atoms with Gasteiger partial charge in [-0.25, -0.2) is 0 Å². The molecular formula is C5H2N2O4. The summed E-state index contributed by atoms with van der Waals surface area (Å²) < 4.78 is 7.43.